The molecule has 6 nitrogen and oxygen atoms in total. The first-order valence-corrected chi connectivity index (χ1v) is 6.53. The Morgan fingerprint density at radius 3 is 2.68 bits per heavy atom. The van der Waals surface area contributed by atoms with Crippen LogP contribution in [0.25, 0.3) is 0 Å². The average molecular weight is 268 g/mol. The Bertz CT molecular complexity index is 396. The second-order valence-electron chi connectivity index (χ2n) is 5.41. The lowest BCUT2D eigenvalue weighted by Crippen LogP contribution is -2.36. The van der Waals surface area contributed by atoms with Crippen molar-refractivity contribution >= 4 is 6.09 Å². The number of nitrogens with one attached hydrogen (secondary N) is 2. The second-order valence-corrected chi connectivity index (χ2v) is 5.41. The molecule has 1 rings (SSSR count). The van der Waals surface area contributed by atoms with Crippen LogP contribution in [0.2, 0.25) is 0 Å². The van der Waals surface area contributed by atoms with Crippen LogP contribution in [0.4, 0.5) is 4.79 Å². The number of carbonyl (C=O) groups excluding carboxylic acids is 1. The quantitative estimate of drug-likeness (QED) is 0.758. The van der Waals surface area contributed by atoms with Gasteiger partial charge >= 0.3 is 6.09 Å². The van der Waals surface area contributed by atoms with Gasteiger partial charge in [-0.1, -0.05) is 0 Å². The normalized spacial score (nSPS) is 11.4. The zero-order valence-corrected chi connectivity index (χ0v) is 12.2. The summed E-state index contributed by atoms with van der Waals surface area (Å²) in [7, 11) is 1.90. The molecule has 0 aliphatic carbocycles. The van der Waals surface area contributed by atoms with E-state index in [9.17, 15) is 4.79 Å². The summed E-state index contributed by atoms with van der Waals surface area (Å²) >= 11 is 0. The van der Waals surface area contributed by atoms with Gasteiger partial charge in [0.25, 0.3) is 0 Å². The largest absolute Gasteiger partial charge is 0.444 e. The Morgan fingerprint density at radius 1 is 1.37 bits per heavy atom. The van der Waals surface area contributed by atoms with Gasteiger partial charge in [0.2, 0.25) is 0 Å². The number of hydrogen-bond donors (Lipinski definition) is 2. The molecule has 108 valence electrons. The molecule has 6 heteroatoms. The van der Waals surface area contributed by atoms with Gasteiger partial charge in [-0.15, -0.1) is 0 Å². The third-order valence-corrected chi connectivity index (χ3v) is 2.30. The monoisotopic (exact) mass is 268 g/mol. The highest BCUT2D eigenvalue weighted by Gasteiger charge is 2.15. The Morgan fingerprint density at radius 2 is 2.11 bits per heavy atom. The van der Waals surface area contributed by atoms with E-state index in [1.165, 1.54) is 0 Å². The number of carbonyl (C=O) groups is 1. The fraction of sp³-hybridized carbons (Fsp3) is 0.692. The summed E-state index contributed by atoms with van der Waals surface area (Å²) < 4.78 is 6.92. The summed E-state index contributed by atoms with van der Waals surface area (Å²) in [5, 5.41) is 10.2. The molecule has 0 bridgehead atoms. The van der Waals surface area contributed by atoms with Crippen molar-refractivity contribution < 1.29 is 9.53 Å². The van der Waals surface area contributed by atoms with Crippen LogP contribution in [0.5, 0.6) is 0 Å². The molecule has 19 heavy (non-hydrogen) atoms. The van der Waals surface area contributed by atoms with Crippen molar-refractivity contribution in [3.05, 3.63) is 18.0 Å². The highest BCUT2D eigenvalue weighted by atomic mass is 16.6. The average Bonchev–Trinajstić information content (AvgIpc) is 2.67. The number of ether oxygens (including phenoxy) is 1. The number of hydrogen-bond acceptors (Lipinski definition) is 4. The van der Waals surface area contributed by atoms with Gasteiger partial charge in [0.15, 0.2) is 0 Å². The molecule has 0 atom stereocenters. The van der Waals surface area contributed by atoms with Gasteiger partial charge in [-0.2, -0.15) is 5.10 Å². The van der Waals surface area contributed by atoms with Crippen LogP contribution in [0, 0.1) is 0 Å². The van der Waals surface area contributed by atoms with Gasteiger partial charge in [-0.3, -0.25) is 4.68 Å². The van der Waals surface area contributed by atoms with Crippen molar-refractivity contribution in [2.24, 2.45) is 7.05 Å². The molecule has 0 saturated carbocycles. The molecule has 0 saturated heterocycles. The number of aromatic nitrogens is 2. The van der Waals surface area contributed by atoms with Crippen molar-refractivity contribution in [2.75, 3.05) is 19.6 Å². The topological polar surface area (TPSA) is 68.2 Å². The van der Waals surface area contributed by atoms with Crippen molar-refractivity contribution in [2.45, 2.75) is 32.8 Å². The molecule has 2 N–H and O–H groups in total. The van der Waals surface area contributed by atoms with E-state index in [2.05, 4.69) is 15.7 Å². The standard InChI is InChI=1S/C13H24N4O2/c1-13(2,3)19-12(18)15-9-8-14-7-5-11-6-10-17(4)16-11/h6,10,14H,5,7-9H2,1-4H3,(H,15,18). The number of rotatable bonds is 6. The van der Waals surface area contributed by atoms with Gasteiger partial charge in [-0.25, -0.2) is 4.79 Å². The third-order valence-electron chi connectivity index (χ3n) is 2.30. The van der Waals surface area contributed by atoms with Crippen molar-refractivity contribution in [1.29, 1.82) is 0 Å². The molecular formula is C13H24N4O2. The minimum atomic E-state index is -0.448. The lowest BCUT2D eigenvalue weighted by Gasteiger charge is -2.19. The van der Waals surface area contributed by atoms with E-state index in [0.717, 1.165) is 18.7 Å². The summed E-state index contributed by atoms with van der Waals surface area (Å²) in [6.07, 6.45) is 2.44. The van der Waals surface area contributed by atoms with E-state index in [4.69, 9.17) is 4.74 Å². The van der Waals surface area contributed by atoms with E-state index in [1.54, 1.807) is 4.68 Å². The van der Waals surface area contributed by atoms with Crippen molar-refractivity contribution in [3.63, 3.8) is 0 Å². The van der Waals surface area contributed by atoms with Gasteiger partial charge in [-0.05, 0) is 26.8 Å². The zero-order chi connectivity index (χ0) is 14.3. The minimum absolute atomic E-state index is 0.376. The maximum atomic E-state index is 11.3. The van der Waals surface area contributed by atoms with Crippen molar-refractivity contribution in [1.82, 2.24) is 20.4 Å². The first-order chi connectivity index (χ1) is 8.87. The summed E-state index contributed by atoms with van der Waals surface area (Å²) in [6.45, 7) is 7.64. The van der Waals surface area contributed by atoms with E-state index >= 15 is 0 Å². The molecule has 0 aromatic carbocycles. The van der Waals surface area contributed by atoms with Gasteiger partial charge in [0, 0.05) is 39.3 Å². The lowest BCUT2D eigenvalue weighted by atomic mass is 10.2. The fourth-order valence-corrected chi connectivity index (χ4v) is 1.51. The number of alkyl carbamates (subject to hydrolysis) is 1. The van der Waals surface area contributed by atoms with Crippen LogP contribution in [-0.2, 0) is 18.2 Å². The predicted molar refractivity (Wildman–Crippen MR) is 74.0 cm³/mol. The first-order valence-electron chi connectivity index (χ1n) is 6.53. The Kier molecular flexibility index (Phi) is 5.82. The highest BCUT2D eigenvalue weighted by molar-refractivity contribution is 5.67. The summed E-state index contributed by atoms with van der Waals surface area (Å²) in [5.74, 6) is 0. The predicted octanol–water partition coefficient (Wildman–Crippen LogP) is 1.08. The molecule has 0 radical (unpaired) electrons. The van der Waals surface area contributed by atoms with Crippen molar-refractivity contribution in [3.8, 4) is 0 Å². The second kappa shape index (κ2) is 7.13. The molecule has 1 aromatic rings. The Balaban J connectivity index is 2.01. The lowest BCUT2D eigenvalue weighted by molar-refractivity contribution is 0.0528. The number of nitrogens with zero attached hydrogens (tertiary/aromatic N) is 2. The molecule has 0 spiro atoms. The molecule has 0 fully saturated rings. The van der Waals surface area contributed by atoms with Crippen LogP contribution >= 0.6 is 0 Å². The number of aryl methyl sites for hydroxylation is 1. The van der Waals surface area contributed by atoms with Crippen LogP contribution in [0.3, 0.4) is 0 Å². The van der Waals surface area contributed by atoms with Gasteiger partial charge in [0.05, 0.1) is 5.69 Å². The molecular weight excluding hydrogens is 244 g/mol. The third kappa shape index (κ3) is 7.46. The molecule has 1 aromatic heterocycles. The minimum Gasteiger partial charge on any atom is -0.444 e. The van der Waals surface area contributed by atoms with E-state index in [-0.39, 0.29) is 6.09 Å². The van der Waals surface area contributed by atoms with Crippen LogP contribution < -0.4 is 10.6 Å². The SMILES string of the molecule is Cn1ccc(CCNCCNC(=O)OC(C)(C)C)n1. The Labute approximate surface area is 114 Å². The smallest absolute Gasteiger partial charge is 0.407 e. The summed E-state index contributed by atoms with van der Waals surface area (Å²) in [5.41, 5.74) is 0.617. The van der Waals surface area contributed by atoms with Crippen LogP contribution in [0.15, 0.2) is 12.3 Å². The zero-order valence-electron chi connectivity index (χ0n) is 12.2. The number of amides is 1. The van der Waals surface area contributed by atoms with Gasteiger partial charge < -0.3 is 15.4 Å². The fourth-order valence-electron chi connectivity index (χ4n) is 1.51. The molecule has 1 heterocycles. The van der Waals surface area contributed by atoms with Crippen LogP contribution in [-0.4, -0.2) is 41.1 Å². The summed E-state index contributed by atoms with van der Waals surface area (Å²) in [6, 6.07) is 2.00. The van der Waals surface area contributed by atoms with Crippen LogP contribution in [0.1, 0.15) is 26.5 Å². The maximum Gasteiger partial charge on any atom is 0.407 e. The molecule has 0 aliphatic heterocycles. The first kappa shape index (κ1) is 15.5. The summed E-state index contributed by atoms with van der Waals surface area (Å²) in [4.78, 5) is 11.3. The van der Waals surface area contributed by atoms with E-state index in [1.807, 2.05) is 40.1 Å². The molecule has 0 unspecified atom stereocenters. The Hall–Kier alpha value is -1.56. The van der Waals surface area contributed by atoms with E-state index in [0.29, 0.717) is 13.1 Å². The van der Waals surface area contributed by atoms with Gasteiger partial charge in [0.1, 0.15) is 5.60 Å². The van der Waals surface area contributed by atoms with E-state index < -0.39 is 5.60 Å². The molecule has 1 amide bonds. The highest BCUT2D eigenvalue weighted by Crippen LogP contribution is 2.05. The molecule has 0 aliphatic rings. The maximum absolute atomic E-state index is 11.3.